The number of amides is 1. The average Bonchev–Trinajstić information content (AvgIpc) is 3.01. The van der Waals surface area contributed by atoms with E-state index in [-0.39, 0.29) is 16.6 Å². The van der Waals surface area contributed by atoms with Crippen LogP contribution in [0.3, 0.4) is 0 Å². The second kappa shape index (κ2) is 7.76. The van der Waals surface area contributed by atoms with Gasteiger partial charge in [-0.15, -0.1) is 0 Å². The summed E-state index contributed by atoms with van der Waals surface area (Å²) in [6.45, 7) is 2.19. The molecule has 1 aliphatic rings. The fourth-order valence-corrected chi connectivity index (χ4v) is 3.50. The topological polar surface area (TPSA) is 101 Å². The summed E-state index contributed by atoms with van der Waals surface area (Å²) >= 11 is 6.10. The number of hydrogen-bond donors (Lipinski definition) is 2. The van der Waals surface area contributed by atoms with Gasteiger partial charge in [-0.1, -0.05) is 11.6 Å². The SMILES string of the molecule is COc1cc(C(=O)N2CCOCC2)ccc1Nc1cc(Cl)nc2[nH]n(C)c(=O)c12. The number of carbonyl (C=O) groups excluding carboxylic acids is 1. The molecule has 0 bridgehead atoms. The highest BCUT2D eigenvalue weighted by atomic mass is 35.5. The zero-order valence-electron chi connectivity index (χ0n) is 16.0. The van der Waals surface area contributed by atoms with Crippen LogP contribution >= 0.6 is 11.6 Å². The third-order valence-electron chi connectivity index (χ3n) is 4.80. The molecule has 0 unspecified atom stereocenters. The Morgan fingerprint density at radius 3 is 2.76 bits per heavy atom. The highest BCUT2D eigenvalue weighted by Gasteiger charge is 2.20. The van der Waals surface area contributed by atoms with Crippen LogP contribution in [0, 0.1) is 0 Å². The smallest absolute Gasteiger partial charge is 0.277 e. The third-order valence-corrected chi connectivity index (χ3v) is 4.99. The molecule has 0 atom stereocenters. The molecule has 9 nitrogen and oxygen atoms in total. The molecule has 2 N–H and O–H groups in total. The van der Waals surface area contributed by atoms with Gasteiger partial charge >= 0.3 is 0 Å². The molecule has 1 saturated heterocycles. The van der Waals surface area contributed by atoms with E-state index >= 15 is 0 Å². The van der Waals surface area contributed by atoms with Crippen molar-refractivity contribution >= 4 is 39.9 Å². The van der Waals surface area contributed by atoms with Crippen LogP contribution in [-0.2, 0) is 11.8 Å². The van der Waals surface area contributed by atoms with Gasteiger partial charge in [0.05, 0.1) is 31.7 Å². The second-order valence-electron chi connectivity index (χ2n) is 6.64. The Hall–Kier alpha value is -3.04. The van der Waals surface area contributed by atoms with E-state index in [9.17, 15) is 9.59 Å². The van der Waals surface area contributed by atoms with Crippen LogP contribution in [0.2, 0.25) is 5.15 Å². The molecule has 3 aromatic rings. The zero-order valence-corrected chi connectivity index (χ0v) is 16.7. The number of fused-ring (bicyclic) bond motifs is 1. The van der Waals surface area contributed by atoms with Crippen LogP contribution in [-0.4, -0.2) is 59.0 Å². The number of ether oxygens (including phenoxy) is 2. The standard InChI is InChI=1S/C19H20ClN5O4/c1-24-19(27)16-13(10-15(20)22-17(16)23-24)21-12-4-3-11(9-14(12)28-2)18(26)25-5-7-29-8-6-25/h3-4,9-10H,5-8H2,1-2H3,(H2,21,22,23). The predicted molar refractivity (Wildman–Crippen MR) is 109 cm³/mol. The van der Waals surface area contributed by atoms with Crippen LogP contribution in [0.5, 0.6) is 5.75 Å². The zero-order chi connectivity index (χ0) is 20.5. The van der Waals surface area contributed by atoms with E-state index in [1.54, 1.807) is 36.2 Å². The molecule has 1 amide bonds. The summed E-state index contributed by atoms with van der Waals surface area (Å²) in [5.41, 5.74) is 1.75. The van der Waals surface area contributed by atoms with Gasteiger partial charge in [0, 0.05) is 25.7 Å². The molecule has 1 fully saturated rings. The first-order valence-electron chi connectivity index (χ1n) is 9.05. The minimum atomic E-state index is -0.232. The summed E-state index contributed by atoms with van der Waals surface area (Å²) in [4.78, 5) is 31.1. The van der Waals surface area contributed by atoms with Gasteiger partial charge in [-0.2, -0.15) is 0 Å². The van der Waals surface area contributed by atoms with Gasteiger partial charge in [-0.25, -0.2) is 4.98 Å². The summed E-state index contributed by atoms with van der Waals surface area (Å²) in [5.74, 6) is 0.393. The average molecular weight is 418 g/mol. The fourth-order valence-electron chi connectivity index (χ4n) is 3.31. The normalized spacial score (nSPS) is 14.2. The number of carbonyl (C=O) groups is 1. The van der Waals surface area contributed by atoms with Crippen LogP contribution < -0.4 is 15.6 Å². The molecule has 1 aromatic carbocycles. The number of aromatic amines is 1. The van der Waals surface area contributed by atoms with Crippen LogP contribution in [0.4, 0.5) is 11.4 Å². The Morgan fingerprint density at radius 1 is 1.28 bits per heavy atom. The Bertz CT molecular complexity index is 1130. The lowest BCUT2D eigenvalue weighted by molar-refractivity contribution is 0.0302. The van der Waals surface area contributed by atoms with Crippen molar-refractivity contribution in [2.75, 3.05) is 38.7 Å². The second-order valence-corrected chi connectivity index (χ2v) is 7.02. The first kappa shape index (κ1) is 19.3. The summed E-state index contributed by atoms with van der Waals surface area (Å²) in [5, 5.41) is 6.66. The molecular formula is C19H20ClN5O4. The number of rotatable bonds is 4. The summed E-state index contributed by atoms with van der Waals surface area (Å²) in [6, 6.07) is 6.71. The van der Waals surface area contributed by atoms with Crippen LogP contribution in [0.1, 0.15) is 10.4 Å². The van der Waals surface area contributed by atoms with Gasteiger partial charge in [0.15, 0.2) is 5.65 Å². The van der Waals surface area contributed by atoms with Crippen LogP contribution in [0.15, 0.2) is 29.1 Å². The van der Waals surface area contributed by atoms with Crippen molar-refractivity contribution in [2.45, 2.75) is 0 Å². The first-order chi connectivity index (χ1) is 14.0. The molecule has 29 heavy (non-hydrogen) atoms. The maximum atomic E-state index is 12.7. The maximum Gasteiger partial charge on any atom is 0.277 e. The van der Waals surface area contributed by atoms with Gasteiger partial charge in [-0.05, 0) is 24.3 Å². The highest BCUT2D eigenvalue weighted by Crippen LogP contribution is 2.32. The van der Waals surface area contributed by atoms with Crippen molar-refractivity contribution < 1.29 is 14.3 Å². The minimum Gasteiger partial charge on any atom is -0.495 e. The number of pyridine rings is 1. The van der Waals surface area contributed by atoms with Crippen molar-refractivity contribution in [1.82, 2.24) is 19.7 Å². The molecule has 0 spiro atoms. The molecule has 0 aliphatic carbocycles. The number of aromatic nitrogens is 3. The number of H-pyrrole nitrogens is 1. The summed E-state index contributed by atoms with van der Waals surface area (Å²) in [6.07, 6.45) is 0. The van der Waals surface area contributed by atoms with E-state index in [2.05, 4.69) is 15.4 Å². The third kappa shape index (κ3) is 3.66. The van der Waals surface area contributed by atoms with Gasteiger partial charge in [-0.3, -0.25) is 19.4 Å². The summed E-state index contributed by atoms with van der Waals surface area (Å²) < 4.78 is 12.1. The number of methoxy groups -OCH3 is 1. The lowest BCUT2D eigenvalue weighted by Crippen LogP contribution is -2.40. The maximum absolute atomic E-state index is 12.7. The largest absolute Gasteiger partial charge is 0.495 e. The summed E-state index contributed by atoms with van der Waals surface area (Å²) in [7, 11) is 3.13. The number of anilines is 2. The monoisotopic (exact) mass is 417 g/mol. The molecule has 2 aromatic heterocycles. The number of halogens is 1. The van der Waals surface area contributed by atoms with Gasteiger partial charge in [0.2, 0.25) is 0 Å². The minimum absolute atomic E-state index is 0.0769. The molecule has 152 valence electrons. The van der Waals surface area contributed by atoms with Gasteiger partial charge in [0.1, 0.15) is 16.3 Å². The number of morpholine rings is 1. The van der Waals surface area contributed by atoms with Gasteiger partial charge < -0.3 is 19.7 Å². The Balaban J connectivity index is 1.69. The predicted octanol–water partition coefficient (Wildman–Crippen LogP) is 2.14. The Morgan fingerprint density at radius 2 is 2.03 bits per heavy atom. The number of nitrogens with one attached hydrogen (secondary N) is 2. The van der Waals surface area contributed by atoms with Gasteiger partial charge in [0.25, 0.3) is 11.5 Å². The van der Waals surface area contributed by atoms with Crippen molar-refractivity contribution in [3.05, 3.63) is 45.3 Å². The van der Waals surface area contributed by atoms with E-state index in [4.69, 9.17) is 21.1 Å². The van der Waals surface area contributed by atoms with E-state index in [0.29, 0.717) is 60.0 Å². The Labute approximate surface area is 171 Å². The van der Waals surface area contributed by atoms with Crippen molar-refractivity contribution in [1.29, 1.82) is 0 Å². The number of nitrogens with zero attached hydrogens (tertiary/aromatic N) is 3. The molecule has 4 rings (SSSR count). The van der Waals surface area contributed by atoms with E-state index in [1.807, 2.05) is 0 Å². The number of hydrogen-bond acceptors (Lipinski definition) is 6. The highest BCUT2D eigenvalue weighted by molar-refractivity contribution is 6.30. The van der Waals surface area contributed by atoms with Crippen molar-refractivity contribution in [3.8, 4) is 5.75 Å². The van der Waals surface area contributed by atoms with E-state index in [0.717, 1.165) is 0 Å². The molecule has 1 aliphatic heterocycles. The molecular weight excluding hydrogens is 398 g/mol. The first-order valence-corrected chi connectivity index (χ1v) is 9.43. The number of benzene rings is 1. The molecule has 10 heteroatoms. The van der Waals surface area contributed by atoms with Crippen molar-refractivity contribution in [3.63, 3.8) is 0 Å². The Kier molecular flexibility index (Phi) is 5.16. The molecule has 0 saturated carbocycles. The quantitative estimate of drug-likeness (QED) is 0.631. The van der Waals surface area contributed by atoms with E-state index in [1.165, 1.54) is 11.8 Å². The van der Waals surface area contributed by atoms with E-state index < -0.39 is 0 Å². The fraction of sp³-hybridized carbons (Fsp3) is 0.316. The number of aryl methyl sites for hydroxylation is 1. The molecule has 3 heterocycles. The lowest BCUT2D eigenvalue weighted by atomic mass is 10.1. The molecule has 0 radical (unpaired) electrons. The lowest BCUT2D eigenvalue weighted by Gasteiger charge is -2.27. The van der Waals surface area contributed by atoms with Crippen molar-refractivity contribution in [2.24, 2.45) is 7.05 Å². The van der Waals surface area contributed by atoms with Crippen LogP contribution in [0.25, 0.3) is 11.0 Å².